The van der Waals surface area contributed by atoms with E-state index in [9.17, 15) is 9.59 Å². The van der Waals surface area contributed by atoms with E-state index >= 15 is 0 Å². The first-order valence-electron chi connectivity index (χ1n) is 2.87. The van der Waals surface area contributed by atoms with Crippen molar-refractivity contribution >= 4 is 12.0 Å². The van der Waals surface area contributed by atoms with Gasteiger partial charge in [0.1, 0.15) is 6.10 Å². The van der Waals surface area contributed by atoms with Gasteiger partial charge in [0.2, 0.25) is 6.08 Å². The van der Waals surface area contributed by atoms with Gasteiger partial charge in [-0.1, -0.05) is 0 Å². The first-order valence-corrected chi connectivity index (χ1v) is 2.87. The van der Waals surface area contributed by atoms with Crippen molar-refractivity contribution in [1.82, 2.24) is 0 Å². The second-order valence-corrected chi connectivity index (χ2v) is 1.85. The van der Waals surface area contributed by atoms with E-state index in [0.717, 1.165) is 0 Å². The fraction of sp³-hybridized carbons (Fsp3) is 0.667. The van der Waals surface area contributed by atoms with Crippen molar-refractivity contribution in [2.75, 3.05) is 6.54 Å². The highest BCUT2D eigenvalue weighted by Crippen LogP contribution is 1.90. The third-order valence-corrected chi connectivity index (χ3v) is 0.780. The van der Waals surface area contributed by atoms with E-state index in [1.807, 2.05) is 0 Å². The van der Waals surface area contributed by atoms with Crippen LogP contribution in [-0.2, 0) is 14.3 Å². The number of aliphatic imine (C=N–C) groups is 1. The lowest BCUT2D eigenvalue weighted by Gasteiger charge is -2.06. The first-order chi connectivity index (χ1) is 4.66. The minimum absolute atomic E-state index is 0.184. The Balaban J connectivity index is 3.52. The first kappa shape index (κ1) is 8.85. The van der Waals surface area contributed by atoms with Crippen molar-refractivity contribution in [2.24, 2.45) is 4.99 Å². The molecule has 4 nitrogen and oxygen atoms in total. The van der Waals surface area contributed by atoms with E-state index < -0.39 is 0 Å². The van der Waals surface area contributed by atoms with Gasteiger partial charge >= 0.3 is 5.97 Å². The van der Waals surface area contributed by atoms with Gasteiger partial charge in [-0.05, 0) is 6.92 Å². The van der Waals surface area contributed by atoms with Crippen LogP contribution >= 0.6 is 0 Å². The molecule has 0 fully saturated rings. The fourth-order valence-electron chi connectivity index (χ4n) is 0.486. The molecule has 0 aliphatic heterocycles. The second kappa shape index (κ2) is 4.70. The molecular formula is C6H9NO3. The zero-order valence-corrected chi connectivity index (χ0v) is 5.96. The molecule has 0 spiro atoms. The lowest BCUT2D eigenvalue weighted by molar-refractivity contribution is -0.144. The molecule has 56 valence electrons. The Bertz CT molecular complexity index is 156. The van der Waals surface area contributed by atoms with Crippen LogP contribution in [0.3, 0.4) is 0 Å². The molecule has 4 heteroatoms. The molecule has 0 bridgehead atoms. The van der Waals surface area contributed by atoms with Gasteiger partial charge in [0.15, 0.2) is 0 Å². The average molecular weight is 143 g/mol. The predicted octanol–water partition coefficient (Wildman–Crippen LogP) is 0.274. The number of esters is 1. The van der Waals surface area contributed by atoms with Crippen molar-refractivity contribution in [3.05, 3.63) is 0 Å². The van der Waals surface area contributed by atoms with Gasteiger partial charge in [0.25, 0.3) is 0 Å². The maximum atomic E-state index is 10.3. The normalized spacial score (nSPS) is 11.4. The summed E-state index contributed by atoms with van der Waals surface area (Å²) < 4.78 is 4.64. The minimum atomic E-state index is -0.367. The van der Waals surface area contributed by atoms with E-state index in [-0.39, 0.29) is 18.6 Å². The van der Waals surface area contributed by atoms with E-state index in [1.54, 1.807) is 6.92 Å². The fourth-order valence-corrected chi connectivity index (χ4v) is 0.486. The quantitative estimate of drug-likeness (QED) is 0.324. The average Bonchev–Trinajstić information content (AvgIpc) is 1.82. The van der Waals surface area contributed by atoms with Crippen LogP contribution < -0.4 is 0 Å². The van der Waals surface area contributed by atoms with Crippen molar-refractivity contribution in [2.45, 2.75) is 20.0 Å². The standard InChI is InChI=1S/C6H9NO3/c1-5(3-7-4-8)10-6(2)9/h5H,3H2,1-2H3. The third-order valence-electron chi connectivity index (χ3n) is 0.780. The predicted molar refractivity (Wildman–Crippen MR) is 34.2 cm³/mol. The Morgan fingerprint density at radius 1 is 1.80 bits per heavy atom. The maximum absolute atomic E-state index is 10.3. The Kier molecular flexibility index (Phi) is 4.16. The highest BCUT2D eigenvalue weighted by molar-refractivity contribution is 5.66. The number of carbonyl (C=O) groups is 1. The van der Waals surface area contributed by atoms with Crippen LogP contribution in [0, 0.1) is 0 Å². The molecule has 0 aromatic heterocycles. The molecule has 0 heterocycles. The van der Waals surface area contributed by atoms with Crippen LogP contribution in [0.2, 0.25) is 0 Å². The number of nitrogens with zero attached hydrogens (tertiary/aromatic N) is 1. The number of hydrogen-bond donors (Lipinski definition) is 0. The Morgan fingerprint density at radius 2 is 2.40 bits per heavy atom. The summed E-state index contributed by atoms with van der Waals surface area (Å²) in [7, 11) is 0. The van der Waals surface area contributed by atoms with Crippen LogP contribution in [0.1, 0.15) is 13.8 Å². The van der Waals surface area contributed by atoms with E-state index in [4.69, 9.17) is 0 Å². The summed E-state index contributed by atoms with van der Waals surface area (Å²) in [6.07, 6.45) is 1.02. The molecule has 0 rings (SSSR count). The monoisotopic (exact) mass is 143 g/mol. The Hall–Kier alpha value is -1.15. The van der Waals surface area contributed by atoms with Crippen molar-refractivity contribution < 1.29 is 14.3 Å². The van der Waals surface area contributed by atoms with Gasteiger partial charge in [-0.2, -0.15) is 0 Å². The molecule has 10 heavy (non-hydrogen) atoms. The summed E-state index contributed by atoms with van der Waals surface area (Å²) >= 11 is 0. The molecule has 0 saturated carbocycles. The molecular weight excluding hydrogens is 134 g/mol. The zero-order chi connectivity index (χ0) is 7.98. The van der Waals surface area contributed by atoms with Gasteiger partial charge in [0.05, 0.1) is 6.54 Å². The molecule has 0 aromatic rings. The Morgan fingerprint density at radius 3 is 2.80 bits per heavy atom. The van der Waals surface area contributed by atoms with Crippen LogP contribution in [0.25, 0.3) is 0 Å². The number of isocyanates is 1. The molecule has 0 radical (unpaired) electrons. The van der Waals surface area contributed by atoms with Gasteiger partial charge < -0.3 is 4.74 Å². The van der Waals surface area contributed by atoms with Crippen molar-refractivity contribution in [1.29, 1.82) is 0 Å². The molecule has 1 atom stereocenters. The maximum Gasteiger partial charge on any atom is 0.302 e. The summed E-state index contributed by atoms with van der Waals surface area (Å²) in [6.45, 7) is 3.15. The topological polar surface area (TPSA) is 55.7 Å². The number of carbonyl (C=O) groups excluding carboxylic acids is 2. The van der Waals surface area contributed by atoms with Gasteiger partial charge in [0, 0.05) is 6.92 Å². The largest absolute Gasteiger partial charge is 0.461 e. The summed E-state index contributed by atoms with van der Waals surface area (Å²) in [6, 6.07) is 0. The number of rotatable bonds is 3. The summed E-state index contributed by atoms with van der Waals surface area (Å²) in [4.78, 5) is 23.1. The van der Waals surface area contributed by atoms with Gasteiger partial charge in [-0.15, -0.1) is 0 Å². The SMILES string of the molecule is CC(=O)OC(C)CN=C=O. The highest BCUT2D eigenvalue weighted by Gasteiger charge is 2.02. The zero-order valence-electron chi connectivity index (χ0n) is 5.96. The lowest BCUT2D eigenvalue weighted by atomic mass is 10.4. The van der Waals surface area contributed by atoms with E-state index in [2.05, 4.69) is 9.73 Å². The molecule has 0 amide bonds. The third kappa shape index (κ3) is 5.00. The molecule has 0 aromatic carbocycles. The van der Waals surface area contributed by atoms with Crippen LogP contribution in [0.4, 0.5) is 0 Å². The van der Waals surface area contributed by atoms with Crippen LogP contribution in [0.5, 0.6) is 0 Å². The van der Waals surface area contributed by atoms with Crippen molar-refractivity contribution in [3.8, 4) is 0 Å². The van der Waals surface area contributed by atoms with E-state index in [1.165, 1.54) is 13.0 Å². The smallest absolute Gasteiger partial charge is 0.302 e. The van der Waals surface area contributed by atoms with Crippen LogP contribution in [0.15, 0.2) is 4.99 Å². The summed E-state index contributed by atoms with van der Waals surface area (Å²) in [5.74, 6) is -0.367. The van der Waals surface area contributed by atoms with Gasteiger partial charge in [-0.3, -0.25) is 4.79 Å². The van der Waals surface area contributed by atoms with Gasteiger partial charge in [-0.25, -0.2) is 9.79 Å². The number of ether oxygens (including phenoxy) is 1. The molecule has 0 aliphatic rings. The number of hydrogen-bond acceptors (Lipinski definition) is 4. The van der Waals surface area contributed by atoms with Crippen LogP contribution in [-0.4, -0.2) is 24.7 Å². The second-order valence-electron chi connectivity index (χ2n) is 1.85. The molecule has 0 N–H and O–H groups in total. The Labute approximate surface area is 58.9 Å². The van der Waals surface area contributed by atoms with E-state index in [0.29, 0.717) is 0 Å². The molecule has 0 aliphatic carbocycles. The molecule has 0 saturated heterocycles. The minimum Gasteiger partial charge on any atom is -0.461 e. The molecule has 1 unspecified atom stereocenters. The highest BCUT2D eigenvalue weighted by atomic mass is 16.5. The summed E-state index contributed by atoms with van der Waals surface area (Å²) in [5.41, 5.74) is 0. The van der Waals surface area contributed by atoms with Crippen molar-refractivity contribution in [3.63, 3.8) is 0 Å². The lowest BCUT2D eigenvalue weighted by Crippen LogP contribution is -2.14. The summed E-state index contributed by atoms with van der Waals surface area (Å²) in [5, 5.41) is 0.